The van der Waals surface area contributed by atoms with Crippen LogP contribution < -0.4 is 0 Å². The van der Waals surface area contributed by atoms with Crippen LogP contribution in [0, 0.1) is 0 Å². The fourth-order valence-corrected chi connectivity index (χ4v) is 2.96. The summed E-state index contributed by atoms with van der Waals surface area (Å²) in [6.07, 6.45) is 0.147. The molecule has 0 aliphatic heterocycles. The third-order valence-corrected chi connectivity index (χ3v) is 4.06. The SMILES string of the molecule is CCOP(=O)(OCC)C(=C=C(C)CO)CCO. The van der Waals surface area contributed by atoms with Crippen LogP contribution in [0.3, 0.4) is 0 Å². The Labute approximate surface area is 102 Å². The molecule has 0 radical (unpaired) electrons. The molecule has 17 heavy (non-hydrogen) atoms. The first-order valence-electron chi connectivity index (χ1n) is 5.60. The molecule has 100 valence electrons. The molecular formula is C11H21O5P. The minimum Gasteiger partial charge on any atom is -0.396 e. The summed E-state index contributed by atoms with van der Waals surface area (Å²) >= 11 is 0. The standard InChI is InChI=1S/C11H21O5P/c1-4-15-17(14,16-5-2)11(6-7-12)8-10(3)9-13/h12-13H,4-7,9H2,1-3H3. The Balaban J connectivity index is 5.39. The van der Waals surface area contributed by atoms with Crippen LogP contribution in [0.1, 0.15) is 27.2 Å². The van der Waals surface area contributed by atoms with Gasteiger partial charge in [0.15, 0.2) is 0 Å². The maximum absolute atomic E-state index is 12.4. The second-order valence-corrected chi connectivity index (χ2v) is 5.37. The van der Waals surface area contributed by atoms with E-state index in [9.17, 15) is 4.57 Å². The van der Waals surface area contributed by atoms with E-state index in [0.29, 0.717) is 5.57 Å². The van der Waals surface area contributed by atoms with E-state index < -0.39 is 7.60 Å². The molecule has 0 bridgehead atoms. The van der Waals surface area contributed by atoms with Gasteiger partial charge in [-0.3, -0.25) is 4.57 Å². The first kappa shape index (κ1) is 16.6. The van der Waals surface area contributed by atoms with Gasteiger partial charge in [0.2, 0.25) is 0 Å². The van der Waals surface area contributed by atoms with Gasteiger partial charge in [0.25, 0.3) is 0 Å². The molecule has 0 spiro atoms. The van der Waals surface area contributed by atoms with Crippen molar-refractivity contribution < 1.29 is 23.8 Å². The van der Waals surface area contributed by atoms with Crippen LogP contribution in [0.2, 0.25) is 0 Å². The first-order valence-corrected chi connectivity index (χ1v) is 7.15. The van der Waals surface area contributed by atoms with Crippen LogP contribution in [0.4, 0.5) is 0 Å². The number of aliphatic hydroxyl groups excluding tert-OH is 2. The van der Waals surface area contributed by atoms with Crippen LogP contribution in [-0.2, 0) is 13.6 Å². The molecule has 2 N–H and O–H groups in total. The van der Waals surface area contributed by atoms with Crippen LogP contribution in [0.15, 0.2) is 16.6 Å². The molecule has 0 heterocycles. The molecule has 5 nitrogen and oxygen atoms in total. The lowest BCUT2D eigenvalue weighted by Gasteiger charge is -2.18. The average molecular weight is 264 g/mol. The van der Waals surface area contributed by atoms with E-state index in [0.717, 1.165) is 0 Å². The van der Waals surface area contributed by atoms with Crippen LogP contribution >= 0.6 is 7.60 Å². The van der Waals surface area contributed by atoms with Crippen LogP contribution in [0.25, 0.3) is 0 Å². The minimum atomic E-state index is -3.40. The summed E-state index contributed by atoms with van der Waals surface area (Å²) in [5.74, 6) is 0. The Morgan fingerprint density at radius 2 is 1.76 bits per heavy atom. The summed E-state index contributed by atoms with van der Waals surface area (Å²) in [6.45, 7) is 5.20. The first-order chi connectivity index (χ1) is 8.03. The molecular weight excluding hydrogens is 243 g/mol. The Kier molecular flexibility index (Phi) is 8.44. The van der Waals surface area contributed by atoms with E-state index >= 15 is 0 Å². The predicted octanol–water partition coefficient (Wildman–Crippen LogP) is 2.06. The van der Waals surface area contributed by atoms with Gasteiger partial charge in [-0.2, -0.15) is 0 Å². The Hall–Kier alpha value is -0.410. The lowest BCUT2D eigenvalue weighted by atomic mass is 10.3. The molecule has 0 aliphatic carbocycles. The summed E-state index contributed by atoms with van der Waals surface area (Å²) < 4.78 is 22.7. The van der Waals surface area contributed by atoms with Crippen molar-refractivity contribution in [3.05, 3.63) is 16.6 Å². The van der Waals surface area contributed by atoms with Gasteiger partial charge < -0.3 is 19.3 Å². The van der Waals surface area contributed by atoms with E-state index in [4.69, 9.17) is 19.3 Å². The van der Waals surface area contributed by atoms with Crippen molar-refractivity contribution in [1.82, 2.24) is 0 Å². The van der Waals surface area contributed by atoms with Gasteiger partial charge in [0.05, 0.1) is 25.1 Å². The highest BCUT2D eigenvalue weighted by molar-refractivity contribution is 7.58. The summed E-state index contributed by atoms with van der Waals surface area (Å²) in [5, 5.41) is 18.2. The van der Waals surface area contributed by atoms with Gasteiger partial charge in [-0.15, -0.1) is 5.73 Å². The van der Waals surface area contributed by atoms with E-state index in [-0.39, 0.29) is 38.2 Å². The Bertz CT molecular complexity index is 321. The second kappa shape index (κ2) is 8.65. The lowest BCUT2D eigenvalue weighted by Crippen LogP contribution is -2.00. The van der Waals surface area contributed by atoms with E-state index in [1.165, 1.54) is 0 Å². The van der Waals surface area contributed by atoms with Crippen molar-refractivity contribution in [1.29, 1.82) is 0 Å². The number of aliphatic hydroxyl groups is 2. The molecule has 0 aromatic carbocycles. The van der Waals surface area contributed by atoms with E-state index in [1.54, 1.807) is 20.8 Å². The monoisotopic (exact) mass is 264 g/mol. The van der Waals surface area contributed by atoms with Crippen molar-refractivity contribution in [3.8, 4) is 0 Å². The van der Waals surface area contributed by atoms with Gasteiger partial charge in [-0.05, 0) is 26.3 Å². The smallest absolute Gasteiger partial charge is 0.365 e. The molecule has 0 amide bonds. The maximum atomic E-state index is 12.4. The molecule has 0 saturated carbocycles. The molecule has 0 aliphatic rings. The molecule has 0 rings (SSSR count). The van der Waals surface area contributed by atoms with Gasteiger partial charge in [-0.1, -0.05) is 0 Å². The second-order valence-electron chi connectivity index (χ2n) is 3.32. The molecule has 0 aromatic heterocycles. The lowest BCUT2D eigenvalue weighted by molar-refractivity contribution is 0.222. The van der Waals surface area contributed by atoms with Gasteiger partial charge in [-0.25, -0.2) is 0 Å². The highest BCUT2D eigenvalue weighted by atomic mass is 31.2. The van der Waals surface area contributed by atoms with E-state index in [2.05, 4.69) is 5.73 Å². The molecule has 0 fully saturated rings. The highest BCUT2D eigenvalue weighted by Gasteiger charge is 2.29. The average Bonchev–Trinajstić information content (AvgIpc) is 2.29. The Morgan fingerprint density at radius 1 is 1.24 bits per heavy atom. The topological polar surface area (TPSA) is 76.0 Å². The fourth-order valence-electron chi connectivity index (χ4n) is 1.19. The van der Waals surface area contributed by atoms with Crippen molar-refractivity contribution in [3.63, 3.8) is 0 Å². The van der Waals surface area contributed by atoms with Crippen LogP contribution in [0.5, 0.6) is 0 Å². The zero-order chi connectivity index (χ0) is 13.3. The van der Waals surface area contributed by atoms with Crippen molar-refractivity contribution in [2.24, 2.45) is 0 Å². The number of hydrogen-bond donors (Lipinski definition) is 2. The predicted molar refractivity (Wildman–Crippen MR) is 65.9 cm³/mol. The molecule has 0 aromatic rings. The molecule has 0 unspecified atom stereocenters. The summed E-state index contributed by atoms with van der Waals surface area (Å²) in [4.78, 5) is 0. The van der Waals surface area contributed by atoms with E-state index in [1.807, 2.05) is 0 Å². The summed E-state index contributed by atoms with van der Waals surface area (Å²) in [6, 6.07) is 0. The third-order valence-electron chi connectivity index (χ3n) is 1.87. The van der Waals surface area contributed by atoms with Gasteiger partial charge in [0, 0.05) is 13.0 Å². The largest absolute Gasteiger partial charge is 0.396 e. The van der Waals surface area contributed by atoms with Gasteiger partial charge >= 0.3 is 7.60 Å². The Morgan fingerprint density at radius 3 is 2.12 bits per heavy atom. The van der Waals surface area contributed by atoms with Crippen molar-refractivity contribution >= 4 is 7.60 Å². The van der Waals surface area contributed by atoms with Crippen molar-refractivity contribution in [2.45, 2.75) is 27.2 Å². The molecule has 6 heteroatoms. The number of hydrogen-bond acceptors (Lipinski definition) is 5. The fraction of sp³-hybridized carbons (Fsp3) is 0.727. The molecule has 0 atom stereocenters. The van der Waals surface area contributed by atoms with Gasteiger partial charge in [0.1, 0.15) is 0 Å². The van der Waals surface area contributed by atoms with Crippen LogP contribution in [-0.4, -0.2) is 36.6 Å². The van der Waals surface area contributed by atoms with Crippen molar-refractivity contribution in [2.75, 3.05) is 26.4 Å². The zero-order valence-corrected chi connectivity index (χ0v) is 11.5. The third kappa shape index (κ3) is 5.64. The molecule has 0 saturated heterocycles. The zero-order valence-electron chi connectivity index (χ0n) is 10.6. The summed E-state index contributed by atoms with van der Waals surface area (Å²) in [5.41, 5.74) is 3.31. The number of rotatable bonds is 8. The summed E-state index contributed by atoms with van der Waals surface area (Å²) in [7, 11) is -3.40. The normalized spacial score (nSPS) is 11.1. The minimum absolute atomic E-state index is 0.147. The highest BCUT2D eigenvalue weighted by Crippen LogP contribution is 2.56. The quantitative estimate of drug-likeness (QED) is 0.518. The maximum Gasteiger partial charge on any atom is 0.365 e.